The van der Waals surface area contributed by atoms with Crippen LogP contribution in [0.5, 0.6) is 0 Å². The third-order valence-electron chi connectivity index (χ3n) is 2.08. The van der Waals surface area contributed by atoms with E-state index in [9.17, 15) is 5.11 Å². The molecule has 1 aromatic rings. The Balaban J connectivity index is 3.07. The fourth-order valence-electron chi connectivity index (χ4n) is 1.23. The lowest BCUT2D eigenvalue weighted by Gasteiger charge is -2.22. The van der Waals surface area contributed by atoms with Crippen LogP contribution >= 0.6 is 23.2 Å². The smallest absolute Gasteiger partial charge is 0.0903 e. The number of halogens is 2. The van der Waals surface area contributed by atoms with Crippen molar-refractivity contribution in [2.45, 2.75) is 18.9 Å². The highest BCUT2D eigenvalue weighted by Crippen LogP contribution is 2.30. The number of benzene rings is 1. The molecule has 0 saturated heterocycles. The minimum Gasteiger partial charge on any atom is -0.385 e. The van der Waals surface area contributed by atoms with E-state index < -0.39 is 5.60 Å². The van der Waals surface area contributed by atoms with Crippen molar-refractivity contribution in [2.24, 2.45) is 0 Å². The lowest BCUT2D eigenvalue weighted by Crippen LogP contribution is -2.19. The molecular weight excluding hydrogens is 219 g/mol. The highest BCUT2D eigenvalue weighted by molar-refractivity contribution is 6.42. The first-order valence-electron chi connectivity index (χ1n) is 4.26. The van der Waals surface area contributed by atoms with Gasteiger partial charge in [0.05, 0.1) is 15.6 Å². The van der Waals surface area contributed by atoms with Gasteiger partial charge in [-0.05, 0) is 31.0 Å². The SMILES string of the molecule is C=CCC(C)(O)c1ccc(Cl)c(Cl)c1. The number of hydrogen-bond acceptors (Lipinski definition) is 1. The normalized spacial score (nSPS) is 14.9. The van der Waals surface area contributed by atoms with E-state index in [1.165, 1.54) is 0 Å². The molecule has 0 aliphatic rings. The van der Waals surface area contributed by atoms with Gasteiger partial charge in [0, 0.05) is 0 Å². The van der Waals surface area contributed by atoms with Gasteiger partial charge in [-0.3, -0.25) is 0 Å². The Kier molecular flexibility index (Phi) is 3.59. The van der Waals surface area contributed by atoms with Crippen LogP contribution in [0.15, 0.2) is 30.9 Å². The van der Waals surface area contributed by atoms with E-state index in [0.29, 0.717) is 16.5 Å². The Morgan fingerprint density at radius 3 is 2.57 bits per heavy atom. The van der Waals surface area contributed by atoms with Crippen LogP contribution in [0.3, 0.4) is 0 Å². The minimum absolute atomic E-state index is 0.452. The Morgan fingerprint density at radius 2 is 2.07 bits per heavy atom. The molecule has 0 fully saturated rings. The van der Waals surface area contributed by atoms with Crippen LogP contribution in [0.25, 0.3) is 0 Å². The highest BCUT2D eigenvalue weighted by Gasteiger charge is 2.21. The van der Waals surface area contributed by atoms with Crippen molar-refractivity contribution in [1.29, 1.82) is 0 Å². The van der Waals surface area contributed by atoms with Gasteiger partial charge in [-0.25, -0.2) is 0 Å². The predicted octanol–water partition coefficient (Wildman–Crippen LogP) is 3.78. The van der Waals surface area contributed by atoms with Crippen molar-refractivity contribution in [2.75, 3.05) is 0 Å². The number of rotatable bonds is 3. The summed E-state index contributed by atoms with van der Waals surface area (Å²) in [4.78, 5) is 0. The second kappa shape index (κ2) is 4.35. The summed E-state index contributed by atoms with van der Waals surface area (Å²) in [6.45, 7) is 5.31. The molecule has 1 atom stereocenters. The Labute approximate surface area is 94.0 Å². The first-order chi connectivity index (χ1) is 6.47. The van der Waals surface area contributed by atoms with Crippen molar-refractivity contribution in [1.82, 2.24) is 0 Å². The number of hydrogen-bond donors (Lipinski definition) is 1. The van der Waals surface area contributed by atoms with Gasteiger partial charge in [0.15, 0.2) is 0 Å². The van der Waals surface area contributed by atoms with Gasteiger partial charge in [-0.15, -0.1) is 6.58 Å². The van der Waals surface area contributed by atoms with E-state index in [1.54, 1.807) is 31.2 Å². The maximum Gasteiger partial charge on any atom is 0.0903 e. The molecule has 0 bridgehead atoms. The van der Waals surface area contributed by atoms with Crippen LogP contribution in [0, 0.1) is 0 Å². The van der Waals surface area contributed by atoms with Crippen LogP contribution < -0.4 is 0 Å². The van der Waals surface area contributed by atoms with E-state index >= 15 is 0 Å². The van der Waals surface area contributed by atoms with Gasteiger partial charge in [-0.1, -0.05) is 35.3 Å². The quantitative estimate of drug-likeness (QED) is 0.785. The fourth-order valence-corrected chi connectivity index (χ4v) is 1.53. The second-order valence-electron chi connectivity index (χ2n) is 3.40. The molecule has 0 aliphatic heterocycles. The molecule has 0 aliphatic carbocycles. The Hall–Kier alpha value is -0.500. The summed E-state index contributed by atoms with van der Waals surface area (Å²) in [6, 6.07) is 5.11. The largest absolute Gasteiger partial charge is 0.385 e. The molecular formula is C11H12Cl2O. The minimum atomic E-state index is -0.935. The number of aliphatic hydroxyl groups is 1. The summed E-state index contributed by atoms with van der Waals surface area (Å²) < 4.78 is 0. The zero-order valence-corrected chi connectivity index (χ0v) is 9.44. The summed E-state index contributed by atoms with van der Waals surface area (Å²) in [6.07, 6.45) is 2.15. The van der Waals surface area contributed by atoms with Crippen LogP contribution in [-0.4, -0.2) is 5.11 Å². The van der Waals surface area contributed by atoms with Crippen molar-refractivity contribution in [3.63, 3.8) is 0 Å². The van der Waals surface area contributed by atoms with Crippen molar-refractivity contribution in [3.8, 4) is 0 Å². The van der Waals surface area contributed by atoms with Gasteiger partial charge in [0.25, 0.3) is 0 Å². The zero-order chi connectivity index (χ0) is 10.8. The summed E-state index contributed by atoms with van der Waals surface area (Å²) in [5.74, 6) is 0. The molecule has 1 rings (SSSR count). The average molecular weight is 231 g/mol. The molecule has 0 aromatic heterocycles. The van der Waals surface area contributed by atoms with Crippen molar-refractivity contribution >= 4 is 23.2 Å². The molecule has 0 spiro atoms. The molecule has 0 heterocycles. The van der Waals surface area contributed by atoms with Gasteiger partial charge in [0.1, 0.15) is 0 Å². The van der Waals surface area contributed by atoms with Gasteiger partial charge >= 0.3 is 0 Å². The maximum absolute atomic E-state index is 10.0. The molecule has 0 radical (unpaired) electrons. The van der Waals surface area contributed by atoms with E-state index in [4.69, 9.17) is 23.2 Å². The standard InChI is InChI=1S/C11H12Cl2O/c1-3-6-11(2,14)8-4-5-9(12)10(13)7-8/h3-5,7,14H,1,6H2,2H3. The molecule has 3 heteroatoms. The van der Waals surface area contributed by atoms with E-state index in [-0.39, 0.29) is 0 Å². The van der Waals surface area contributed by atoms with Crippen molar-refractivity contribution in [3.05, 3.63) is 46.5 Å². The molecule has 0 amide bonds. The molecule has 0 saturated carbocycles. The van der Waals surface area contributed by atoms with Crippen LogP contribution in [0.1, 0.15) is 18.9 Å². The molecule has 1 nitrogen and oxygen atoms in total. The molecule has 1 aromatic carbocycles. The molecule has 1 unspecified atom stereocenters. The van der Waals surface area contributed by atoms with Crippen molar-refractivity contribution < 1.29 is 5.11 Å². The Bertz CT molecular complexity index is 345. The van der Waals surface area contributed by atoms with Gasteiger partial charge < -0.3 is 5.11 Å². The van der Waals surface area contributed by atoms with Crippen LogP contribution in [0.2, 0.25) is 10.0 Å². The lowest BCUT2D eigenvalue weighted by molar-refractivity contribution is 0.0606. The Morgan fingerprint density at radius 1 is 1.43 bits per heavy atom. The van der Waals surface area contributed by atoms with Gasteiger partial charge in [-0.2, -0.15) is 0 Å². The lowest BCUT2D eigenvalue weighted by atomic mass is 9.93. The van der Waals surface area contributed by atoms with E-state index in [2.05, 4.69) is 6.58 Å². The fraction of sp³-hybridized carbons (Fsp3) is 0.273. The monoisotopic (exact) mass is 230 g/mol. The third kappa shape index (κ3) is 2.50. The molecule has 1 N–H and O–H groups in total. The van der Waals surface area contributed by atoms with E-state index in [0.717, 1.165) is 5.56 Å². The molecule has 14 heavy (non-hydrogen) atoms. The summed E-state index contributed by atoms with van der Waals surface area (Å²) in [5.41, 5.74) is -0.192. The summed E-state index contributed by atoms with van der Waals surface area (Å²) >= 11 is 11.6. The zero-order valence-electron chi connectivity index (χ0n) is 7.93. The highest BCUT2D eigenvalue weighted by atomic mass is 35.5. The van der Waals surface area contributed by atoms with Gasteiger partial charge in [0.2, 0.25) is 0 Å². The molecule has 76 valence electrons. The van der Waals surface area contributed by atoms with E-state index in [1.807, 2.05) is 0 Å². The summed E-state index contributed by atoms with van der Waals surface area (Å²) in [7, 11) is 0. The maximum atomic E-state index is 10.0. The first-order valence-corrected chi connectivity index (χ1v) is 5.02. The van der Waals surface area contributed by atoms with Crippen LogP contribution in [0.4, 0.5) is 0 Å². The second-order valence-corrected chi connectivity index (χ2v) is 4.21. The first kappa shape index (κ1) is 11.6. The predicted molar refractivity (Wildman–Crippen MR) is 60.8 cm³/mol. The third-order valence-corrected chi connectivity index (χ3v) is 2.82. The van der Waals surface area contributed by atoms with Crippen LogP contribution in [-0.2, 0) is 5.60 Å². The average Bonchev–Trinajstić information content (AvgIpc) is 2.09. The topological polar surface area (TPSA) is 20.2 Å². The summed E-state index contributed by atoms with van der Waals surface area (Å²) in [5, 5.41) is 11.0.